The van der Waals surface area contributed by atoms with Crippen molar-refractivity contribution < 1.29 is 18.3 Å². The van der Waals surface area contributed by atoms with E-state index in [4.69, 9.17) is 5.73 Å². The second kappa shape index (κ2) is 7.73. The molecule has 0 bridgehead atoms. The third-order valence-electron chi connectivity index (χ3n) is 2.23. The normalized spacial score (nSPS) is 12.4. The number of ether oxygens (including phenoxy) is 1. The van der Waals surface area contributed by atoms with Crippen molar-refractivity contribution in [1.29, 1.82) is 0 Å². The molecule has 0 aliphatic heterocycles. The average molecular weight is 258 g/mol. The molecular weight excluding hydrogens is 242 g/mol. The molecule has 1 atom stereocenters. The molecule has 0 saturated heterocycles. The molecule has 6 heteroatoms. The van der Waals surface area contributed by atoms with Gasteiger partial charge in [0.2, 0.25) is 5.91 Å². The number of nitrogens with two attached hydrogens (primary N) is 1. The van der Waals surface area contributed by atoms with E-state index in [1.54, 1.807) is 24.3 Å². The summed E-state index contributed by atoms with van der Waals surface area (Å²) in [7, 11) is 0. The number of rotatable bonds is 7. The summed E-state index contributed by atoms with van der Waals surface area (Å²) in [4.78, 5) is 11.6. The van der Waals surface area contributed by atoms with Crippen LogP contribution in [-0.4, -0.2) is 32.1 Å². The smallest absolute Gasteiger partial charge is 0.261 e. The van der Waals surface area contributed by atoms with Crippen LogP contribution < -0.4 is 11.1 Å². The zero-order valence-electron chi connectivity index (χ0n) is 9.81. The molecule has 0 radical (unpaired) electrons. The Kier molecular flexibility index (Phi) is 6.24. The van der Waals surface area contributed by atoms with Gasteiger partial charge in [-0.3, -0.25) is 4.79 Å². The average Bonchev–Trinajstić information content (AvgIpc) is 2.38. The van der Waals surface area contributed by atoms with Crippen molar-refractivity contribution in [3.05, 3.63) is 35.9 Å². The second-order valence-electron chi connectivity index (χ2n) is 3.65. The van der Waals surface area contributed by atoms with Gasteiger partial charge in [-0.25, -0.2) is 8.78 Å². The van der Waals surface area contributed by atoms with Crippen molar-refractivity contribution in [3.63, 3.8) is 0 Å². The highest BCUT2D eigenvalue weighted by Gasteiger charge is 2.14. The molecule has 18 heavy (non-hydrogen) atoms. The van der Waals surface area contributed by atoms with Gasteiger partial charge in [0.25, 0.3) is 6.43 Å². The lowest BCUT2D eigenvalue weighted by atomic mass is 10.1. The number of benzene rings is 1. The number of amides is 1. The number of carbonyl (C=O) groups excluding carboxylic acids is 1. The number of hydrogen-bond acceptors (Lipinski definition) is 3. The van der Waals surface area contributed by atoms with E-state index in [0.29, 0.717) is 5.56 Å². The minimum atomic E-state index is -2.49. The molecule has 100 valence electrons. The Labute approximate surface area is 104 Å². The molecule has 1 aromatic rings. The van der Waals surface area contributed by atoms with Crippen molar-refractivity contribution in [2.24, 2.45) is 5.73 Å². The summed E-state index contributed by atoms with van der Waals surface area (Å²) in [6, 6.07) is 8.13. The molecule has 0 heterocycles. The third-order valence-corrected chi connectivity index (χ3v) is 2.23. The van der Waals surface area contributed by atoms with Gasteiger partial charge >= 0.3 is 0 Å². The summed E-state index contributed by atoms with van der Waals surface area (Å²) >= 11 is 0. The van der Waals surface area contributed by atoms with Crippen molar-refractivity contribution >= 4 is 5.91 Å². The Morgan fingerprint density at radius 1 is 1.33 bits per heavy atom. The summed E-state index contributed by atoms with van der Waals surface area (Å²) in [5.74, 6) is -0.359. The van der Waals surface area contributed by atoms with Crippen LogP contribution in [0, 0.1) is 0 Å². The maximum atomic E-state index is 11.7. The zero-order valence-corrected chi connectivity index (χ0v) is 9.81. The van der Waals surface area contributed by atoms with Crippen molar-refractivity contribution in [2.45, 2.75) is 12.5 Å². The molecule has 0 aromatic heterocycles. The highest BCUT2D eigenvalue weighted by atomic mass is 19.3. The first-order valence-electron chi connectivity index (χ1n) is 5.55. The van der Waals surface area contributed by atoms with Gasteiger partial charge in [0.05, 0.1) is 6.61 Å². The fourth-order valence-corrected chi connectivity index (χ4v) is 1.34. The van der Waals surface area contributed by atoms with Gasteiger partial charge in [0.15, 0.2) is 0 Å². The first-order chi connectivity index (χ1) is 8.61. The largest absolute Gasteiger partial charge is 0.374 e. The Hall–Kier alpha value is -1.53. The maximum absolute atomic E-state index is 11.7. The van der Waals surface area contributed by atoms with Crippen LogP contribution in [-0.2, 0) is 9.53 Å². The van der Waals surface area contributed by atoms with E-state index in [9.17, 15) is 13.6 Å². The molecule has 3 N–H and O–H groups in total. The molecule has 1 amide bonds. The van der Waals surface area contributed by atoms with Crippen LogP contribution in [0.3, 0.4) is 0 Å². The molecule has 0 aliphatic carbocycles. The lowest BCUT2D eigenvalue weighted by Gasteiger charge is -2.12. The molecule has 1 aromatic carbocycles. The van der Waals surface area contributed by atoms with E-state index in [0.717, 1.165) is 0 Å². The molecule has 4 nitrogen and oxygen atoms in total. The molecular formula is C12H16F2N2O2. The van der Waals surface area contributed by atoms with Crippen LogP contribution in [0.15, 0.2) is 30.3 Å². The molecule has 0 fully saturated rings. The minimum Gasteiger partial charge on any atom is -0.374 e. The van der Waals surface area contributed by atoms with E-state index in [1.807, 2.05) is 6.07 Å². The highest BCUT2D eigenvalue weighted by Crippen LogP contribution is 2.08. The molecule has 0 aliphatic rings. The van der Waals surface area contributed by atoms with Gasteiger partial charge in [-0.2, -0.15) is 0 Å². The number of halogens is 2. The van der Waals surface area contributed by atoms with Gasteiger partial charge < -0.3 is 15.8 Å². The van der Waals surface area contributed by atoms with E-state index in [2.05, 4.69) is 10.1 Å². The monoisotopic (exact) mass is 258 g/mol. The fraction of sp³-hybridized carbons (Fsp3) is 0.417. The van der Waals surface area contributed by atoms with E-state index < -0.39 is 19.1 Å². The minimum absolute atomic E-state index is 0.0393. The van der Waals surface area contributed by atoms with Gasteiger partial charge in [-0.05, 0) is 5.56 Å². The van der Waals surface area contributed by atoms with Gasteiger partial charge in [-0.15, -0.1) is 0 Å². The Balaban J connectivity index is 2.25. The lowest BCUT2D eigenvalue weighted by Crippen LogP contribution is -2.36. The predicted octanol–water partition coefficient (Wildman–Crippen LogP) is 1.08. The standard InChI is InChI=1S/C12H16F2N2O2/c13-10(14)8-18-7-6-16-12(17)11(15)9-4-2-1-3-5-9/h1-5,10-11H,6-8,15H2,(H,16,17). The number of alkyl halides is 2. The van der Waals surface area contributed by atoms with Crippen LogP contribution in [0.4, 0.5) is 8.78 Å². The Morgan fingerprint density at radius 3 is 2.61 bits per heavy atom. The van der Waals surface area contributed by atoms with Gasteiger partial charge in [0, 0.05) is 6.54 Å². The Bertz CT molecular complexity index is 360. The predicted molar refractivity (Wildman–Crippen MR) is 63.2 cm³/mol. The van der Waals surface area contributed by atoms with Crippen molar-refractivity contribution in [3.8, 4) is 0 Å². The molecule has 0 saturated carbocycles. The van der Waals surface area contributed by atoms with Crippen LogP contribution in [0.25, 0.3) is 0 Å². The molecule has 0 spiro atoms. The summed E-state index contributed by atoms with van der Waals surface area (Å²) in [5, 5.41) is 2.52. The number of nitrogens with one attached hydrogen (secondary N) is 1. The molecule has 1 unspecified atom stereocenters. The second-order valence-corrected chi connectivity index (χ2v) is 3.65. The van der Waals surface area contributed by atoms with Crippen LogP contribution in [0.1, 0.15) is 11.6 Å². The maximum Gasteiger partial charge on any atom is 0.261 e. The van der Waals surface area contributed by atoms with Crippen LogP contribution in [0.2, 0.25) is 0 Å². The fourth-order valence-electron chi connectivity index (χ4n) is 1.34. The quantitative estimate of drug-likeness (QED) is 0.719. The van der Waals surface area contributed by atoms with E-state index in [-0.39, 0.29) is 19.1 Å². The van der Waals surface area contributed by atoms with Crippen molar-refractivity contribution in [1.82, 2.24) is 5.32 Å². The zero-order chi connectivity index (χ0) is 13.4. The van der Waals surface area contributed by atoms with Gasteiger partial charge in [0.1, 0.15) is 12.6 Å². The topological polar surface area (TPSA) is 64.4 Å². The van der Waals surface area contributed by atoms with Crippen LogP contribution in [0.5, 0.6) is 0 Å². The first kappa shape index (κ1) is 14.5. The van der Waals surface area contributed by atoms with Crippen molar-refractivity contribution in [2.75, 3.05) is 19.8 Å². The lowest BCUT2D eigenvalue weighted by molar-refractivity contribution is -0.122. The number of carbonyl (C=O) groups is 1. The van der Waals surface area contributed by atoms with E-state index >= 15 is 0 Å². The number of hydrogen-bond donors (Lipinski definition) is 2. The Morgan fingerprint density at radius 2 is 2.00 bits per heavy atom. The van der Waals surface area contributed by atoms with Gasteiger partial charge in [-0.1, -0.05) is 30.3 Å². The van der Waals surface area contributed by atoms with Crippen LogP contribution >= 0.6 is 0 Å². The summed E-state index contributed by atoms with van der Waals surface area (Å²) in [5.41, 5.74) is 6.43. The summed E-state index contributed by atoms with van der Waals surface area (Å²) in [6.07, 6.45) is -2.49. The molecule has 1 rings (SSSR count). The SMILES string of the molecule is NC(C(=O)NCCOCC(F)F)c1ccccc1. The first-order valence-corrected chi connectivity index (χ1v) is 5.55. The summed E-state index contributed by atoms with van der Waals surface area (Å²) in [6.45, 7) is -0.426. The summed E-state index contributed by atoms with van der Waals surface area (Å²) < 4.78 is 28.1. The third kappa shape index (κ3) is 5.20. The van der Waals surface area contributed by atoms with E-state index in [1.165, 1.54) is 0 Å². The highest BCUT2D eigenvalue weighted by molar-refractivity contribution is 5.82.